The van der Waals surface area contributed by atoms with E-state index in [2.05, 4.69) is 47.1 Å². The average molecular weight is 453 g/mol. The zero-order valence-corrected chi connectivity index (χ0v) is 16.3. The molecule has 0 aliphatic heterocycles. The fourth-order valence-electron chi connectivity index (χ4n) is 2.48. The van der Waals surface area contributed by atoms with Gasteiger partial charge in [0.25, 0.3) is 0 Å². The summed E-state index contributed by atoms with van der Waals surface area (Å²) in [5, 5.41) is 13.6. The van der Waals surface area contributed by atoms with E-state index >= 15 is 0 Å². The molecule has 3 aromatic rings. The van der Waals surface area contributed by atoms with E-state index < -0.39 is 0 Å². The number of anilines is 2. The lowest BCUT2D eigenvalue weighted by atomic mass is 10.1. The van der Waals surface area contributed by atoms with Gasteiger partial charge in [-0.1, -0.05) is 0 Å². The number of aryl methyl sites for hydroxylation is 1. The van der Waals surface area contributed by atoms with E-state index in [1.165, 1.54) is 6.33 Å². The van der Waals surface area contributed by atoms with Gasteiger partial charge in [-0.25, -0.2) is 9.97 Å². The van der Waals surface area contributed by atoms with Crippen molar-refractivity contribution in [1.82, 2.24) is 9.97 Å². The Balaban J connectivity index is 2.14. The van der Waals surface area contributed by atoms with E-state index in [0.717, 1.165) is 31.1 Å². The second kappa shape index (κ2) is 7.04. The predicted octanol–water partition coefficient (Wildman–Crippen LogP) is 4.71. The molecule has 0 unspecified atom stereocenters. The number of rotatable bonds is 4. The molecule has 0 spiro atoms. The van der Waals surface area contributed by atoms with Gasteiger partial charge in [-0.3, -0.25) is 0 Å². The van der Waals surface area contributed by atoms with Crippen LogP contribution in [0.25, 0.3) is 10.9 Å². The Bertz CT molecular complexity index is 893. The molecule has 1 aromatic heterocycles. The molecule has 0 fully saturated rings. The summed E-state index contributed by atoms with van der Waals surface area (Å²) in [7, 11) is 1.57. The van der Waals surface area contributed by atoms with E-state index in [1.54, 1.807) is 13.2 Å². The Morgan fingerprint density at radius 2 is 1.83 bits per heavy atom. The average Bonchev–Trinajstić information content (AvgIpc) is 2.56. The molecular weight excluding hydrogens is 438 g/mol. The minimum Gasteiger partial charge on any atom is -0.496 e. The summed E-state index contributed by atoms with van der Waals surface area (Å²) >= 11 is 7.15. The van der Waals surface area contributed by atoms with Crippen molar-refractivity contribution in [2.45, 2.75) is 13.5 Å². The van der Waals surface area contributed by atoms with E-state index in [9.17, 15) is 5.11 Å². The molecule has 5 nitrogen and oxygen atoms in total. The maximum absolute atomic E-state index is 9.46. The van der Waals surface area contributed by atoms with Crippen molar-refractivity contribution in [1.29, 1.82) is 0 Å². The van der Waals surface area contributed by atoms with Crippen molar-refractivity contribution in [2.75, 3.05) is 12.4 Å². The summed E-state index contributed by atoms with van der Waals surface area (Å²) in [6, 6.07) is 7.70. The Morgan fingerprint density at radius 3 is 2.46 bits per heavy atom. The maximum atomic E-state index is 9.46. The van der Waals surface area contributed by atoms with Gasteiger partial charge in [-0.15, -0.1) is 0 Å². The molecule has 1 heterocycles. The lowest BCUT2D eigenvalue weighted by Crippen LogP contribution is -2.00. The van der Waals surface area contributed by atoms with Crippen LogP contribution < -0.4 is 10.1 Å². The molecule has 0 atom stereocenters. The highest BCUT2D eigenvalue weighted by Gasteiger charge is 2.13. The second-order valence-electron chi connectivity index (χ2n) is 5.29. The molecule has 0 saturated carbocycles. The van der Waals surface area contributed by atoms with Crippen molar-refractivity contribution in [3.8, 4) is 5.75 Å². The van der Waals surface area contributed by atoms with E-state index in [-0.39, 0.29) is 6.61 Å². The minimum absolute atomic E-state index is 0.110. The highest BCUT2D eigenvalue weighted by atomic mass is 79.9. The molecule has 0 bridgehead atoms. The van der Waals surface area contributed by atoms with Crippen molar-refractivity contribution in [3.05, 3.63) is 50.7 Å². The van der Waals surface area contributed by atoms with E-state index in [0.29, 0.717) is 17.1 Å². The lowest BCUT2D eigenvalue weighted by molar-refractivity contribution is 0.274. The summed E-state index contributed by atoms with van der Waals surface area (Å²) in [5.74, 6) is 1.26. The smallest absolute Gasteiger partial charge is 0.141 e. The first-order valence-electron chi connectivity index (χ1n) is 7.18. The van der Waals surface area contributed by atoms with Gasteiger partial charge < -0.3 is 15.2 Å². The summed E-state index contributed by atoms with van der Waals surface area (Å²) in [6.07, 6.45) is 1.49. The van der Waals surface area contributed by atoms with Gasteiger partial charge in [-0.05, 0) is 68.6 Å². The molecular formula is C17H15Br2N3O2. The van der Waals surface area contributed by atoms with Gasteiger partial charge in [-0.2, -0.15) is 0 Å². The Labute approximate surface area is 156 Å². The van der Waals surface area contributed by atoms with Crippen molar-refractivity contribution in [2.24, 2.45) is 0 Å². The van der Waals surface area contributed by atoms with Crippen LogP contribution >= 0.6 is 31.9 Å². The number of fused-ring (bicyclic) bond motifs is 1. The van der Waals surface area contributed by atoms with Gasteiger partial charge in [0.1, 0.15) is 17.9 Å². The third-order valence-corrected chi connectivity index (χ3v) is 4.89. The first kappa shape index (κ1) is 17.1. The Morgan fingerprint density at radius 1 is 1.12 bits per heavy atom. The quantitative estimate of drug-likeness (QED) is 0.600. The van der Waals surface area contributed by atoms with E-state index in [4.69, 9.17) is 4.74 Å². The number of hydrogen-bond donors (Lipinski definition) is 2. The Kier molecular flexibility index (Phi) is 5.03. The molecule has 124 valence electrons. The Hall–Kier alpha value is -1.70. The SMILES string of the molecule is COc1cc2c(Nc3c(Br)cc(C)cc3Br)ncnc2cc1CO. The van der Waals surface area contributed by atoms with Gasteiger partial charge in [0, 0.05) is 19.9 Å². The van der Waals surface area contributed by atoms with Crippen LogP contribution in [0.15, 0.2) is 39.5 Å². The molecule has 0 radical (unpaired) electrons. The number of benzene rings is 2. The van der Waals surface area contributed by atoms with Crippen LogP contribution in [0.3, 0.4) is 0 Å². The molecule has 24 heavy (non-hydrogen) atoms. The van der Waals surface area contributed by atoms with Crippen LogP contribution in [0.2, 0.25) is 0 Å². The van der Waals surface area contributed by atoms with Gasteiger partial charge >= 0.3 is 0 Å². The number of halogens is 2. The monoisotopic (exact) mass is 451 g/mol. The molecule has 2 aromatic carbocycles. The first-order chi connectivity index (χ1) is 11.5. The summed E-state index contributed by atoms with van der Waals surface area (Å²) < 4.78 is 7.21. The van der Waals surface area contributed by atoms with Crippen LogP contribution in [0.4, 0.5) is 11.5 Å². The van der Waals surface area contributed by atoms with E-state index in [1.807, 2.05) is 25.1 Å². The van der Waals surface area contributed by atoms with Crippen LogP contribution in [-0.4, -0.2) is 22.2 Å². The third-order valence-electron chi connectivity index (χ3n) is 3.64. The zero-order chi connectivity index (χ0) is 17.3. The van der Waals surface area contributed by atoms with Gasteiger partial charge in [0.15, 0.2) is 0 Å². The van der Waals surface area contributed by atoms with Crippen molar-refractivity contribution in [3.63, 3.8) is 0 Å². The van der Waals surface area contributed by atoms with Crippen LogP contribution in [0.1, 0.15) is 11.1 Å². The molecule has 0 aliphatic rings. The summed E-state index contributed by atoms with van der Waals surface area (Å²) in [5.41, 5.74) is 3.44. The number of hydrogen-bond acceptors (Lipinski definition) is 5. The third kappa shape index (κ3) is 3.24. The fourth-order valence-corrected chi connectivity index (χ4v) is 4.09. The molecule has 0 aliphatic carbocycles. The standard InChI is InChI=1S/C17H15Br2N3O2/c1-9-3-12(18)16(13(19)4-9)22-17-11-6-15(24-2)10(7-23)5-14(11)20-8-21-17/h3-6,8,23H,7H2,1-2H3,(H,20,21,22). The van der Waals surface area contributed by atoms with Crippen LogP contribution in [0.5, 0.6) is 5.75 Å². The first-order valence-corrected chi connectivity index (χ1v) is 8.77. The van der Waals surface area contributed by atoms with Crippen molar-refractivity contribution >= 4 is 54.3 Å². The number of nitrogens with one attached hydrogen (secondary N) is 1. The lowest BCUT2D eigenvalue weighted by Gasteiger charge is -2.14. The second-order valence-corrected chi connectivity index (χ2v) is 7.00. The number of nitrogens with zero attached hydrogens (tertiary/aromatic N) is 2. The maximum Gasteiger partial charge on any atom is 0.141 e. The molecule has 3 rings (SSSR count). The molecule has 0 saturated heterocycles. The van der Waals surface area contributed by atoms with Crippen LogP contribution in [0, 0.1) is 6.92 Å². The van der Waals surface area contributed by atoms with Crippen LogP contribution in [-0.2, 0) is 6.61 Å². The summed E-state index contributed by atoms with van der Waals surface area (Å²) in [4.78, 5) is 8.64. The highest BCUT2D eigenvalue weighted by Crippen LogP contribution is 2.36. The minimum atomic E-state index is -0.110. The number of aromatic nitrogens is 2. The molecule has 0 amide bonds. The topological polar surface area (TPSA) is 67.3 Å². The number of aliphatic hydroxyl groups is 1. The van der Waals surface area contributed by atoms with Crippen molar-refractivity contribution < 1.29 is 9.84 Å². The summed E-state index contributed by atoms with van der Waals surface area (Å²) in [6.45, 7) is 1.92. The highest BCUT2D eigenvalue weighted by molar-refractivity contribution is 9.11. The van der Waals surface area contributed by atoms with Gasteiger partial charge in [0.05, 0.1) is 24.9 Å². The fraction of sp³-hybridized carbons (Fsp3) is 0.176. The molecule has 7 heteroatoms. The predicted molar refractivity (Wildman–Crippen MR) is 102 cm³/mol. The normalized spacial score (nSPS) is 10.9. The largest absolute Gasteiger partial charge is 0.496 e. The number of methoxy groups -OCH3 is 1. The van der Waals surface area contributed by atoms with Gasteiger partial charge in [0.2, 0.25) is 0 Å². The zero-order valence-electron chi connectivity index (χ0n) is 13.1. The number of ether oxygens (including phenoxy) is 1. The number of aliphatic hydroxyl groups excluding tert-OH is 1. The molecule has 2 N–H and O–H groups in total.